The van der Waals surface area contributed by atoms with Crippen molar-refractivity contribution >= 4 is 23.4 Å². The summed E-state index contributed by atoms with van der Waals surface area (Å²) in [6, 6.07) is 8.80. The average molecular weight is 414 g/mol. The molecule has 0 amide bonds. The molecule has 0 radical (unpaired) electrons. The molecule has 2 heterocycles. The van der Waals surface area contributed by atoms with Crippen molar-refractivity contribution in [1.82, 2.24) is 14.9 Å². The molecule has 0 N–H and O–H groups in total. The molecule has 1 aliphatic rings. The number of anilines is 2. The normalized spacial score (nSPS) is 16.9. The highest BCUT2D eigenvalue weighted by molar-refractivity contribution is 6.31. The van der Waals surface area contributed by atoms with E-state index in [4.69, 9.17) is 11.6 Å². The van der Waals surface area contributed by atoms with Crippen molar-refractivity contribution in [3.05, 3.63) is 46.6 Å². The topological polar surface area (TPSA) is 35.5 Å². The summed E-state index contributed by atoms with van der Waals surface area (Å²) in [4.78, 5) is 13.7. The zero-order valence-electron chi connectivity index (χ0n) is 16.0. The van der Waals surface area contributed by atoms with Crippen LogP contribution in [0.2, 0.25) is 5.02 Å². The highest BCUT2D eigenvalue weighted by atomic mass is 35.5. The maximum Gasteiger partial charge on any atom is 0.433 e. The molecule has 1 aromatic heterocycles. The predicted octanol–water partition coefficient (Wildman–Crippen LogP) is 4.10. The van der Waals surface area contributed by atoms with E-state index in [9.17, 15) is 13.2 Å². The number of benzene rings is 1. The van der Waals surface area contributed by atoms with E-state index >= 15 is 0 Å². The number of hydrogen-bond acceptors (Lipinski definition) is 5. The Morgan fingerprint density at radius 3 is 2.29 bits per heavy atom. The highest BCUT2D eigenvalue weighted by Crippen LogP contribution is 2.32. The zero-order valence-corrected chi connectivity index (χ0v) is 16.8. The fraction of sp³-hybridized carbons (Fsp3) is 0.474. The molecule has 0 aliphatic carbocycles. The second-order valence-electron chi connectivity index (χ2n) is 7.02. The lowest BCUT2D eigenvalue weighted by atomic mass is 10.1. The molecule has 0 bridgehead atoms. The van der Waals surface area contributed by atoms with Crippen LogP contribution in [0.5, 0.6) is 0 Å². The first-order valence-corrected chi connectivity index (χ1v) is 9.41. The largest absolute Gasteiger partial charge is 0.433 e. The Morgan fingerprint density at radius 1 is 1.07 bits per heavy atom. The molecule has 2 aromatic rings. The van der Waals surface area contributed by atoms with Crippen molar-refractivity contribution in [3.8, 4) is 0 Å². The van der Waals surface area contributed by atoms with Gasteiger partial charge in [-0.2, -0.15) is 18.2 Å². The van der Waals surface area contributed by atoms with Gasteiger partial charge < -0.3 is 9.80 Å². The van der Waals surface area contributed by atoms with Gasteiger partial charge in [-0.1, -0.05) is 29.8 Å². The molecule has 0 saturated carbocycles. The smallest absolute Gasteiger partial charge is 0.363 e. The van der Waals surface area contributed by atoms with E-state index in [-0.39, 0.29) is 17.8 Å². The number of alkyl halides is 3. The maximum absolute atomic E-state index is 13.2. The molecule has 152 valence electrons. The Hall–Kier alpha value is -2.06. The van der Waals surface area contributed by atoms with Crippen LogP contribution in [0.4, 0.5) is 24.9 Å². The van der Waals surface area contributed by atoms with Gasteiger partial charge in [-0.3, -0.25) is 4.90 Å². The minimum atomic E-state index is -4.51. The van der Waals surface area contributed by atoms with Crippen molar-refractivity contribution in [2.45, 2.75) is 19.1 Å². The average Bonchev–Trinajstić information content (AvgIpc) is 2.67. The van der Waals surface area contributed by atoms with Gasteiger partial charge in [-0.15, -0.1) is 0 Å². The number of nitrogens with zero attached hydrogens (tertiary/aromatic N) is 5. The first-order valence-electron chi connectivity index (χ1n) is 9.04. The Balaban J connectivity index is 1.76. The summed E-state index contributed by atoms with van der Waals surface area (Å²) in [5, 5.41) is 0.717. The van der Waals surface area contributed by atoms with Crippen LogP contribution in [0, 0.1) is 0 Å². The van der Waals surface area contributed by atoms with Gasteiger partial charge in [-0.05, 0) is 18.6 Å². The lowest BCUT2D eigenvalue weighted by Crippen LogP contribution is -2.48. The molecule has 5 nitrogen and oxygen atoms in total. The third-order valence-corrected chi connectivity index (χ3v) is 5.29. The summed E-state index contributed by atoms with van der Waals surface area (Å²) in [6.45, 7) is 4.54. The van der Waals surface area contributed by atoms with Crippen LogP contribution in [-0.4, -0.2) is 55.1 Å². The lowest BCUT2D eigenvalue weighted by molar-refractivity contribution is -0.141. The van der Waals surface area contributed by atoms with Gasteiger partial charge >= 0.3 is 6.18 Å². The highest BCUT2D eigenvalue weighted by Gasteiger charge is 2.35. The molecular weight excluding hydrogens is 391 g/mol. The molecule has 3 rings (SSSR count). The van der Waals surface area contributed by atoms with E-state index in [1.54, 1.807) is 23.9 Å². The Labute approximate surface area is 167 Å². The maximum atomic E-state index is 13.2. The van der Waals surface area contributed by atoms with Gasteiger partial charge in [0.1, 0.15) is 5.82 Å². The van der Waals surface area contributed by atoms with E-state index in [1.165, 1.54) is 0 Å². The van der Waals surface area contributed by atoms with E-state index in [1.807, 2.05) is 24.3 Å². The van der Waals surface area contributed by atoms with Crippen LogP contribution in [0.15, 0.2) is 30.3 Å². The number of hydrogen-bond donors (Lipinski definition) is 0. The van der Waals surface area contributed by atoms with Crippen molar-refractivity contribution in [2.24, 2.45) is 0 Å². The molecule has 1 fully saturated rings. The van der Waals surface area contributed by atoms with Gasteiger partial charge in [0.15, 0.2) is 5.69 Å². The second-order valence-corrected chi connectivity index (χ2v) is 7.43. The summed E-state index contributed by atoms with van der Waals surface area (Å²) in [5.41, 5.74) is 0.121. The fourth-order valence-electron chi connectivity index (χ4n) is 3.26. The monoisotopic (exact) mass is 413 g/mol. The standard InChI is InChI=1S/C19H23ClF3N5/c1-13(14-6-4-5-7-15(14)20)27-8-10-28(11-9-27)18-24-16(19(21,22)23)12-17(25-18)26(2)3/h4-7,12-13H,8-11H2,1-3H3. The molecule has 1 saturated heterocycles. The fourth-order valence-corrected chi connectivity index (χ4v) is 3.55. The Morgan fingerprint density at radius 2 is 1.71 bits per heavy atom. The number of rotatable bonds is 4. The van der Waals surface area contributed by atoms with Gasteiger partial charge in [0, 0.05) is 57.4 Å². The molecule has 0 spiro atoms. The van der Waals surface area contributed by atoms with Crippen molar-refractivity contribution in [3.63, 3.8) is 0 Å². The summed E-state index contributed by atoms with van der Waals surface area (Å²) < 4.78 is 39.7. The van der Waals surface area contributed by atoms with Gasteiger partial charge in [0.05, 0.1) is 0 Å². The third-order valence-electron chi connectivity index (χ3n) is 4.95. The minimum Gasteiger partial charge on any atom is -0.363 e. The number of aromatic nitrogens is 2. The van der Waals surface area contributed by atoms with Crippen LogP contribution in [0.1, 0.15) is 24.2 Å². The lowest BCUT2D eigenvalue weighted by Gasteiger charge is -2.38. The summed E-state index contributed by atoms with van der Waals surface area (Å²) in [7, 11) is 3.32. The van der Waals surface area contributed by atoms with E-state index in [0.29, 0.717) is 31.2 Å². The summed E-state index contributed by atoms with van der Waals surface area (Å²) in [5.74, 6) is 0.354. The Kier molecular flexibility index (Phi) is 6.00. The first kappa shape index (κ1) is 20.7. The van der Waals surface area contributed by atoms with Crippen molar-refractivity contribution in [2.75, 3.05) is 50.1 Å². The van der Waals surface area contributed by atoms with Crippen LogP contribution in [0.3, 0.4) is 0 Å². The Bertz CT molecular complexity index is 819. The van der Waals surface area contributed by atoms with Crippen molar-refractivity contribution in [1.29, 1.82) is 0 Å². The van der Waals surface area contributed by atoms with Crippen molar-refractivity contribution < 1.29 is 13.2 Å². The predicted molar refractivity (Wildman–Crippen MR) is 105 cm³/mol. The number of piperazine rings is 1. The molecular formula is C19H23ClF3N5. The SMILES string of the molecule is CC(c1ccccc1Cl)N1CCN(c2nc(N(C)C)cc(C(F)(F)F)n2)CC1. The molecule has 9 heteroatoms. The van der Waals surface area contributed by atoms with Gasteiger partial charge in [0.25, 0.3) is 0 Å². The first-order chi connectivity index (χ1) is 13.2. The summed E-state index contributed by atoms with van der Waals surface area (Å²) in [6.07, 6.45) is -4.51. The minimum absolute atomic E-state index is 0.114. The van der Waals surface area contributed by atoms with E-state index < -0.39 is 11.9 Å². The van der Waals surface area contributed by atoms with Crippen LogP contribution < -0.4 is 9.80 Å². The van der Waals surface area contributed by atoms with Crippen LogP contribution in [-0.2, 0) is 6.18 Å². The van der Waals surface area contributed by atoms with Gasteiger partial charge in [0.2, 0.25) is 5.95 Å². The molecule has 28 heavy (non-hydrogen) atoms. The molecule has 1 unspecified atom stereocenters. The third kappa shape index (κ3) is 4.50. The van der Waals surface area contributed by atoms with Gasteiger partial charge in [-0.25, -0.2) is 4.98 Å². The van der Waals surface area contributed by atoms with E-state index in [0.717, 1.165) is 11.6 Å². The molecule has 1 atom stereocenters. The van der Waals surface area contributed by atoms with E-state index in [2.05, 4.69) is 21.8 Å². The van der Waals surface area contributed by atoms with Crippen LogP contribution >= 0.6 is 11.6 Å². The van der Waals surface area contributed by atoms with Crippen LogP contribution in [0.25, 0.3) is 0 Å². The second kappa shape index (κ2) is 8.13. The summed E-state index contributed by atoms with van der Waals surface area (Å²) >= 11 is 6.30. The number of halogens is 4. The molecule has 1 aromatic carbocycles. The molecule has 1 aliphatic heterocycles. The zero-order chi connectivity index (χ0) is 20.5. The quantitative estimate of drug-likeness (QED) is 0.754.